The van der Waals surface area contributed by atoms with E-state index in [-0.39, 0.29) is 12.1 Å². The predicted molar refractivity (Wildman–Crippen MR) is 189 cm³/mol. The van der Waals surface area contributed by atoms with Gasteiger partial charge in [-0.05, 0) is 69.6 Å². The minimum absolute atomic E-state index is 0.0126. The quantitative estimate of drug-likeness (QED) is 0.192. The summed E-state index contributed by atoms with van der Waals surface area (Å²) in [6.45, 7) is 13.6. The third kappa shape index (κ3) is 6.95. The van der Waals surface area contributed by atoms with Gasteiger partial charge < -0.3 is 19.1 Å². The molecule has 10 nitrogen and oxygen atoms in total. The molecule has 6 rings (SSSR count). The molecule has 48 heavy (non-hydrogen) atoms. The van der Waals surface area contributed by atoms with Gasteiger partial charge in [0.15, 0.2) is 0 Å². The first-order chi connectivity index (χ1) is 23.1. The van der Waals surface area contributed by atoms with Crippen molar-refractivity contribution in [3.63, 3.8) is 0 Å². The van der Waals surface area contributed by atoms with E-state index in [1.807, 2.05) is 64.2 Å². The summed E-state index contributed by atoms with van der Waals surface area (Å²) in [7, 11) is 5.37. The van der Waals surface area contributed by atoms with Crippen molar-refractivity contribution in [1.29, 1.82) is 0 Å². The van der Waals surface area contributed by atoms with Crippen molar-refractivity contribution in [1.82, 2.24) is 19.8 Å². The van der Waals surface area contributed by atoms with Gasteiger partial charge in [-0.15, -0.1) is 0 Å². The van der Waals surface area contributed by atoms with Crippen molar-refractivity contribution >= 4 is 23.2 Å². The molecule has 2 aliphatic rings. The second-order valence-corrected chi connectivity index (χ2v) is 13.0. The average molecular weight is 651 g/mol. The Kier molecular flexibility index (Phi) is 9.84. The van der Waals surface area contributed by atoms with Crippen LogP contribution in [0.15, 0.2) is 60.8 Å². The van der Waals surface area contributed by atoms with Crippen LogP contribution in [-0.2, 0) is 19.5 Å². The number of hydrogen-bond acceptors (Lipinski definition) is 8. The summed E-state index contributed by atoms with van der Waals surface area (Å²) in [5, 5.41) is 0. The molecule has 0 radical (unpaired) electrons. The fourth-order valence-corrected chi connectivity index (χ4v) is 6.51. The Bertz CT molecular complexity index is 1770. The smallest absolute Gasteiger partial charge is 0.335 e. The monoisotopic (exact) mass is 650 g/mol. The lowest BCUT2D eigenvalue weighted by Gasteiger charge is -2.37. The molecule has 1 fully saturated rings. The van der Waals surface area contributed by atoms with Gasteiger partial charge in [-0.25, -0.2) is 19.7 Å². The number of carbonyl (C=O) groups excluding carboxylic acids is 1. The van der Waals surface area contributed by atoms with Crippen molar-refractivity contribution in [3.8, 4) is 17.2 Å². The van der Waals surface area contributed by atoms with Crippen LogP contribution in [0.2, 0.25) is 0 Å². The molecule has 10 heteroatoms. The summed E-state index contributed by atoms with van der Waals surface area (Å²) in [6, 6.07) is 17.7. The van der Waals surface area contributed by atoms with Gasteiger partial charge in [0.2, 0.25) is 0 Å². The summed E-state index contributed by atoms with van der Waals surface area (Å²) in [5.74, 6) is 3.10. The minimum atomic E-state index is -0.217. The number of piperazine rings is 1. The predicted octanol–water partition coefficient (Wildman–Crippen LogP) is 6.51. The van der Waals surface area contributed by atoms with E-state index >= 15 is 0 Å². The number of methoxy groups -OCH3 is 2. The third-order valence-corrected chi connectivity index (χ3v) is 9.04. The van der Waals surface area contributed by atoms with E-state index in [2.05, 4.69) is 35.0 Å². The molecule has 4 aromatic rings. The number of ether oxygens (including phenoxy) is 3. The minimum Gasteiger partial charge on any atom is -0.497 e. The molecule has 1 aromatic heterocycles. The molecule has 0 bridgehead atoms. The normalized spacial score (nSPS) is 15.5. The highest BCUT2D eigenvalue weighted by Crippen LogP contribution is 2.42. The first kappa shape index (κ1) is 33.2. The number of rotatable bonds is 10. The van der Waals surface area contributed by atoms with Crippen LogP contribution in [0.25, 0.3) is 0 Å². The number of nitrogens with zero attached hydrogens (tertiary/aromatic N) is 6. The number of hydrogen-bond donors (Lipinski definition) is 0. The molecule has 252 valence electrons. The Morgan fingerprint density at radius 1 is 0.896 bits per heavy atom. The zero-order chi connectivity index (χ0) is 33.9. The van der Waals surface area contributed by atoms with E-state index < -0.39 is 0 Å². The number of para-hydroxylation sites is 1. The number of benzene rings is 3. The maximum atomic E-state index is 14.6. The van der Waals surface area contributed by atoms with Gasteiger partial charge in [0, 0.05) is 62.5 Å². The van der Waals surface area contributed by atoms with Gasteiger partial charge in [-0.2, -0.15) is 0 Å². The Labute approximate surface area is 283 Å². The second-order valence-electron chi connectivity index (χ2n) is 13.0. The van der Waals surface area contributed by atoms with Gasteiger partial charge in [-0.1, -0.05) is 30.3 Å². The fourth-order valence-electron chi connectivity index (χ4n) is 6.51. The summed E-state index contributed by atoms with van der Waals surface area (Å²) >= 11 is 0. The highest BCUT2D eigenvalue weighted by Gasteiger charge is 2.37. The number of likely N-dealkylation sites (N-methyl/N-ethyl adjacent to an activating group) is 1. The van der Waals surface area contributed by atoms with E-state index in [0.717, 1.165) is 66.4 Å². The summed E-state index contributed by atoms with van der Waals surface area (Å²) in [5.41, 5.74) is 6.53. The van der Waals surface area contributed by atoms with Gasteiger partial charge in [0.1, 0.15) is 28.9 Å². The largest absolute Gasteiger partial charge is 0.497 e. The van der Waals surface area contributed by atoms with Crippen molar-refractivity contribution in [2.45, 2.75) is 53.3 Å². The van der Waals surface area contributed by atoms with Crippen LogP contribution in [0.1, 0.15) is 47.5 Å². The zero-order valence-electron chi connectivity index (χ0n) is 29.1. The van der Waals surface area contributed by atoms with Crippen molar-refractivity contribution in [2.75, 3.05) is 57.2 Å². The van der Waals surface area contributed by atoms with Crippen LogP contribution < -0.4 is 24.0 Å². The van der Waals surface area contributed by atoms with Crippen LogP contribution in [0, 0.1) is 13.8 Å². The van der Waals surface area contributed by atoms with Crippen LogP contribution in [-0.4, -0.2) is 79.3 Å². The number of anilines is 3. The van der Waals surface area contributed by atoms with Crippen molar-refractivity contribution in [2.24, 2.45) is 0 Å². The second kappa shape index (κ2) is 14.2. The van der Waals surface area contributed by atoms with Crippen LogP contribution in [0.5, 0.6) is 17.2 Å². The molecular weight excluding hydrogens is 604 g/mol. The van der Waals surface area contributed by atoms with E-state index in [4.69, 9.17) is 24.2 Å². The lowest BCUT2D eigenvalue weighted by molar-refractivity contribution is 0.148. The maximum Gasteiger partial charge on any atom is 0.335 e. The highest BCUT2D eigenvalue weighted by molar-refractivity contribution is 6.11. The van der Waals surface area contributed by atoms with E-state index in [1.54, 1.807) is 30.1 Å². The number of carbonyl (C=O) groups is 1. The Balaban J connectivity index is 1.38. The summed E-state index contributed by atoms with van der Waals surface area (Å²) in [6.07, 6.45) is 2.31. The average Bonchev–Trinajstić information content (AvgIpc) is 3.07. The van der Waals surface area contributed by atoms with Gasteiger partial charge in [0.25, 0.3) is 0 Å². The van der Waals surface area contributed by atoms with Crippen molar-refractivity contribution in [3.05, 3.63) is 94.4 Å². The molecule has 0 atom stereocenters. The number of aromatic nitrogens is 2. The first-order valence-electron chi connectivity index (χ1n) is 16.6. The van der Waals surface area contributed by atoms with E-state index in [1.165, 1.54) is 5.56 Å². The topological polar surface area (TPSA) is 83.5 Å². The highest BCUT2D eigenvalue weighted by atomic mass is 16.5. The molecule has 2 amide bonds. The summed E-state index contributed by atoms with van der Waals surface area (Å²) in [4.78, 5) is 32.7. The number of amides is 2. The molecule has 2 aliphatic heterocycles. The lowest BCUT2D eigenvalue weighted by atomic mass is 10.0. The maximum absolute atomic E-state index is 14.6. The van der Waals surface area contributed by atoms with Gasteiger partial charge in [-0.3, -0.25) is 9.80 Å². The Morgan fingerprint density at radius 2 is 1.65 bits per heavy atom. The number of fused-ring (bicyclic) bond motifs is 1. The Hall–Kier alpha value is -4.67. The molecule has 3 heterocycles. The van der Waals surface area contributed by atoms with Gasteiger partial charge >= 0.3 is 6.03 Å². The number of urea groups is 1. The standard InChI is InChI=1S/C38H46N6O4/c1-25(2)48-33-19-28(23-42-17-15-41(5)16-18-42)11-12-29(33)20-35-39-22-30-24-43(36-26(3)9-8-10-27(36)4)38(45)44(37(30)40-35)32-14-13-31(46-6)21-34(32)47-7/h8-14,19,21-22,25H,15-18,20,23-24H2,1-7H3. The lowest BCUT2D eigenvalue weighted by Crippen LogP contribution is -2.46. The molecule has 0 unspecified atom stereocenters. The zero-order valence-corrected chi connectivity index (χ0v) is 29.1. The van der Waals surface area contributed by atoms with Gasteiger partial charge in [0.05, 0.1) is 38.2 Å². The fraction of sp³-hybridized carbons (Fsp3) is 0.395. The first-order valence-corrected chi connectivity index (χ1v) is 16.6. The third-order valence-electron chi connectivity index (χ3n) is 9.04. The van der Waals surface area contributed by atoms with E-state index in [9.17, 15) is 4.79 Å². The van der Waals surface area contributed by atoms with Crippen LogP contribution in [0.4, 0.5) is 22.0 Å². The molecule has 0 N–H and O–H groups in total. The van der Waals surface area contributed by atoms with Crippen molar-refractivity contribution < 1.29 is 19.0 Å². The molecular formula is C38H46N6O4. The van der Waals surface area contributed by atoms with E-state index in [0.29, 0.717) is 41.8 Å². The molecule has 0 aliphatic carbocycles. The summed E-state index contributed by atoms with van der Waals surface area (Å²) < 4.78 is 17.6. The molecule has 0 saturated carbocycles. The molecule has 3 aromatic carbocycles. The molecule has 0 spiro atoms. The van der Waals surface area contributed by atoms with Crippen LogP contribution in [0.3, 0.4) is 0 Å². The SMILES string of the molecule is COc1ccc(N2C(=O)N(c3c(C)cccc3C)Cc3cnc(Cc4ccc(CN5CCN(C)CC5)cc4OC(C)C)nc32)c(OC)c1. The molecule has 1 saturated heterocycles. The van der Waals surface area contributed by atoms with Crippen LogP contribution >= 0.6 is 0 Å². The Morgan fingerprint density at radius 3 is 2.33 bits per heavy atom. The number of aryl methyl sites for hydroxylation is 2.